The normalized spacial score (nSPS) is 19.2. The van der Waals surface area contributed by atoms with E-state index in [9.17, 15) is 18.7 Å². The summed E-state index contributed by atoms with van der Waals surface area (Å²) < 4.78 is 43.3. The SMILES string of the molecule is COc1ccc([C@@H]2[C@@H](CO)OCCN2C(=O)c2cc(F)c(F)cc2Cl)cc1OC. The maximum Gasteiger partial charge on any atom is 0.256 e. The number of ether oxygens (including phenoxy) is 3. The molecule has 9 heteroatoms. The van der Waals surface area contributed by atoms with E-state index in [1.54, 1.807) is 18.2 Å². The first kappa shape index (κ1) is 21.3. The number of carbonyl (C=O) groups is 1. The van der Waals surface area contributed by atoms with Gasteiger partial charge in [-0.15, -0.1) is 0 Å². The second-order valence-electron chi connectivity index (χ2n) is 6.40. The zero-order valence-electron chi connectivity index (χ0n) is 15.8. The van der Waals surface area contributed by atoms with E-state index in [2.05, 4.69) is 0 Å². The number of aliphatic hydroxyl groups excluding tert-OH is 1. The van der Waals surface area contributed by atoms with Gasteiger partial charge in [0.05, 0.1) is 44.1 Å². The molecule has 1 aliphatic rings. The Balaban J connectivity index is 2.04. The van der Waals surface area contributed by atoms with Crippen LogP contribution < -0.4 is 9.47 Å². The second kappa shape index (κ2) is 8.94. The Hall–Kier alpha value is -2.42. The highest BCUT2D eigenvalue weighted by atomic mass is 35.5. The van der Waals surface area contributed by atoms with E-state index in [1.165, 1.54) is 19.1 Å². The average molecular weight is 428 g/mol. The quantitative estimate of drug-likeness (QED) is 0.742. The van der Waals surface area contributed by atoms with Gasteiger partial charge in [-0.2, -0.15) is 0 Å². The minimum atomic E-state index is -1.17. The third kappa shape index (κ3) is 4.14. The van der Waals surface area contributed by atoms with Crippen molar-refractivity contribution in [2.75, 3.05) is 34.0 Å². The van der Waals surface area contributed by atoms with Crippen molar-refractivity contribution in [1.82, 2.24) is 4.90 Å². The van der Waals surface area contributed by atoms with E-state index in [1.807, 2.05) is 0 Å². The van der Waals surface area contributed by atoms with Crippen LogP contribution in [0.3, 0.4) is 0 Å². The smallest absolute Gasteiger partial charge is 0.256 e. The molecule has 1 saturated heterocycles. The topological polar surface area (TPSA) is 68.2 Å². The van der Waals surface area contributed by atoms with Crippen molar-refractivity contribution in [2.24, 2.45) is 0 Å². The summed E-state index contributed by atoms with van der Waals surface area (Å²) in [5.41, 5.74) is 0.447. The summed E-state index contributed by atoms with van der Waals surface area (Å²) in [7, 11) is 2.98. The first-order valence-electron chi connectivity index (χ1n) is 8.81. The predicted octanol–water partition coefficient (Wildman–Crippen LogP) is 3.21. The molecule has 1 aliphatic heterocycles. The highest BCUT2D eigenvalue weighted by Crippen LogP contribution is 2.37. The first-order chi connectivity index (χ1) is 13.9. The van der Waals surface area contributed by atoms with Crippen molar-refractivity contribution in [1.29, 1.82) is 0 Å². The molecule has 2 atom stereocenters. The van der Waals surface area contributed by atoms with Gasteiger partial charge in [-0.3, -0.25) is 4.79 Å². The van der Waals surface area contributed by atoms with Gasteiger partial charge in [-0.1, -0.05) is 17.7 Å². The van der Waals surface area contributed by atoms with Gasteiger partial charge in [0.15, 0.2) is 23.1 Å². The minimum Gasteiger partial charge on any atom is -0.493 e. The Morgan fingerprint density at radius 3 is 2.55 bits per heavy atom. The van der Waals surface area contributed by atoms with Gasteiger partial charge >= 0.3 is 0 Å². The first-order valence-corrected chi connectivity index (χ1v) is 9.19. The molecular formula is C20H20ClF2NO5. The van der Waals surface area contributed by atoms with Crippen molar-refractivity contribution in [2.45, 2.75) is 12.1 Å². The maximum absolute atomic E-state index is 13.7. The Bertz CT molecular complexity index is 911. The van der Waals surface area contributed by atoms with Crippen LogP contribution in [0.2, 0.25) is 5.02 Å². The lowest BCUT2D eigenvalue weighted by Crippen LogP contribution is -2.49. The van der Waals surface area contributed by atoms with Gasteiger partial charge in [-0.05, 0) is 29.8 Å². The fourth-order valence-electron chi connectivity index (χ4n) is 3.39. The number of morpholine rings is 1. The van der Waals surface area contributed by atoms with Crippen molar-refractivity contribution in [3.8, 4) is 11.5 Å². The standard InChI is InChI=1S/C20H20ClF2NO5/c1-27-16-4-3-11(7-17(16)28-2)19-18(10-25)29-6-5-24(19)20(26)12-8-14(22)15(23)9-13(12)21/h3-4,7-9,18-19,25H,5-6,10H2,1-2H3/t18-,19-/m1/s1. The molecule has 1 fully saturated rings. The van der Waals surface area contributed by atoms with Crippen molar-refractivity contribution in [3.05, 3.63) is 58.1 Å². The molecule has 3 rings (SSSR count). The molecule has 6 nitrogen and oxygen atoms in total. The summed E-state index contributed by atoms with van der Waals surface area (Å²) in [4.78, 5) is 14.6. The van der Waals surface area contributed by atoms with Crippen LogP contribution in [-0.4, -0.2) is 56.0 Å². The number of halogens is 3. The molecule has 0 aromatic heterocycles. The number of carbonyl (C=O) groups excluding carboxylic acids is 1. The van der Waals surface area contributed by atoms with Crippen LogP contribution in [0.15, 0.2) is 30.3 Å². The number of benzene rings is 2. The zero-order chi connectivity index (χ0) is 21.1. The summed E-state index contributed by atoms with van der Waals surface area (Å²) in [5, 5.41) is 9.60. The lowest BCUT2D eigenvalue weighted by Gasteiger charge is -2.41. The molecule has 1 amide bonds. The number of methoxy groups -OCH3 is 2. The van der Waals surface area contributed by atoms with Crippen LogP contribution in [0.1, 0.15) is 22.0 Å². The molecule has 29 heavy (non-hydrogen) atoms. The van der Waals surface area contributed by atoms with Crippen LogP contribution in [0.25, 0.3) is 0 Å². The van der Waals surface area contributed by atoms with Crippen molar-refractivity contribution < 1.29 is 32.9 Å². The van der Waals surface area contributed by atoms with Crippen LogP contribution >= 0.6 is 11.6 Å². The predicted molar refractivity (Wildman–Crippen MR) is 102 cm³/mol. The molecule has 0 spiro atoms. The maximum atomic E-state index is 13.7. The monoisotopic (exact) mass is 427 g/mol. The van der Waals surface area contributed by atoms with Gasteiger partial charge in [-0.25, -0.2) is 8.78 Å². The molecule has 0 saturated carbocycles. The molecular weight excluding hydrogens is 408 g/mol. The third-order valence-electron chi connectivity index (χ3n) is 4.78. The molecule has 0 bridgehead atoms. The van der Waals surface area contributed by atoms with Crippen molar-refractivity contribution in [3.63, 3.8) is 0 Å². The van der Waals surface area contributed by atoms with Gasteiger partial charge in [0.2, 0.25) is 0 Å². The molecule has 0 aliphatic carbocycles. The molecule has 156 valence electrons. The largest absolute Gasteiger partial charge is 0.493 e. The molecule has 0 unspecified atom stereocenters. The fraction of sp³-hybridized carbons (Fsp3) is 0.350. The van der Waals surface area contributed by atoms with Crippen molar-refractivity contribution >= 4 is 17.5 Å². The number of aliphatic hydroxyl groups is 1. The van der Waals surface area contributed by atoms with E-state index >= 15 is 0 Å². The molecule has 1 heterocycles. The van der Waals surface area contributed by atoms with Crippen LogP contribution in [-0.2, 0) is 4.74 Å². The van der Waals surface area contributed by atoms with Crippen LogP contribution in [0.4, 0.5) is 8.78 Å². The van der Waals surface area contributed by atoms with E-state index in [0.717, 1.165) is 12.1 Å². The summed E-state index contributed by atoms with van der Waals surface area (Å²) in [6.07, 6.45) is -0.727. The lowest BCUT2D eigenvalue weighted by atomic mass is 9.96. The Labute approximate surface area is 171 Å². The zero-order valence-corrected chi connectivity index (χ0v) is 16.6. The second-order valence-corrected chi connectivity index (χ2v) is 6.80. The number of hydrogen-bond acceptors (Lipinski definition) is 5. The highest BCUT2D eigenvalue weighted by Gasteiger charge is 2.37. The molecule has 2 aromatic rings. The summed E-state index contributed by atoms with van der Waals surface area (Å²) in [6, 6.07) is 5.90. The summed E-state index contributed by atoms with van der Waals surface area (Å²) in [6.45, 7) is -0.0139. The highest BCUT2D eigenvalue weighted by molar-refractivity contribution is 6.33. The molecule has 0 radical (unpaired) electrons. The van der Waals surface area contributed by atoms with E-state index < -0.39 is 29.7 Å². The molecule has 1 N–H and O–H groups in total. The Kier molecular flexibility index (Phi) is 6.56. The van der Waals surface area contributed by atoms with Gasteiger partial charge in [0.25, 0.3) is 5.91 Å². The van der Waals surface area contributed by atoms with Gasteiger partial charge < -0.3 is 24.2 Å². The summed E-state index contributed by atoms with van der Waals surface area (Å²) in [5.74, 6) is -1.98. The minimum absolute atomic E-state index is 0.169. The lowest BCUT2D eigenvalue weighted by molar-refractivity contribution is -0.0811. The average Bonchev–Trinajstić information content (AvgIpc) is 2.74. The Morgan fingerprint density at radius 1 is 1.21 bits per heavy atom. The fourth-order valence-corrected chi connectivity index (χ4v) is 3.62. The Morgan fingerprint density at radius 2 is 1.90 bits per heavy atom. The third-order valence-corrected chi connectivity index (χ3v) is 5.10. The number of hydrogen-bond donors (Lipinski definition) is 1. The van der Waals surface area contributed by atoms with Crippen LogP contribution in [0.5, 0.6) is 11.5 Å². The van der Waals surface area contributed by atoms with Gasteiger partial charge in [0, 0.05) is 6.54 Å². The molecule has 2 aromatic carbocycles. The number of nitrogens with zero attached hydrogens (tertiary/aromatic N) is 1. The number of amides is 1. The van der Waals surface area contributed by atoms with E-state index in [4.69, 9.17) is 25.8 Å². The number of rotatable bonds is 5. The van der Waals surface area contributed by atoms with Gasteiger partial charge in [0.1, 0.15) is 6.10 Å². The van der Waals surface area contributed by atoms with E-state index in [-0.39, 0.29) is 30.3 Å². The van der Waals surface area contributed by atoms with Crippen LogP contribution in [0, 0.1) is 11.6 Å². The van der Waals surface area contributed by atoms with E-state index in [0.29, 0.717) is 17.1 Å². The summed E-state index contributed by atoms with van der Waals surface area (Å²) >= 11 is 6.00.